The smallest absolute Gasteiger partial charge is 0.310 e. The molecule has 118 valence electrons. The van der Waals surface area contributed by atoms with Crippen LogP contribution in [0.2, 0.25) is 0 Å². The van der Waals surface area contributed by atoms with E-state index in [0.29, 0.717) is 19.0 Å². The largest absolute Gasteiger partial charge is 0.401 e. The van der Waals surface area contributed by atoms with E-state index in [4.69, 9.17) is 0 Å². The minimum atomic E-state index is -4.09. The number of benzene rings is 1. The van der Waals surface area contributed by atoms with E-state index in [2.05, 4.69) is 24.4 Å². The normalized spacial score (nSPS) is 21.6. The lowest BCUT2D eigenvalue weighted by Gasteiger charge is -2.21. The molecule has 1 saturated heterocycles. The Bertz CT molecular complexity index is 419. The molecule has 0 spiro atoms. The van der Waals surface area contributed by atoms with Crippen LogP contribution < -0.4 is 5.32 Å². The molecular weight excluding hydrogens is 277 g/mol. The molecule has 5 heteroatoms. The van der Waals surface area contributed by atoms with Gasteiger partial charge in [-0.05, 0) is 37.4 Å². The predicted molar refractivity (Wildman–Crippen MR) is 78.1 cm³/mol. The molecule has 0 bridgehead atoms. The number of hydrogen-bond donors (Lipinski definition) is 1. The van der Waals surface area contributed by atoms with Crippen molar-refractivity contribution in [2.75, 3.05) is 26.2 Å². The lowest BCUT2D eigenvalue weighted by atomic mass is 10.0. The summed E-state index contributed by atoms with van der Waals surface area (Å²) in [6.45, 7) is 3.21. The number of alkyl halides is 3. The lowest BCUT2D eigenvalue weighted by Crippen LogP contribution is -2.34. The summed E-state index contributed by atoms with van der Waals surface area (Å²) in [5.74, 6) is 0.310. The third-order valence-corrected chi connectivity index (χ3v) is 4.04. The van der Waals surface area contributed by atoms with Crippen LogP contribution in [0.15, 0.2) is 30.3 Å². The molecule has 21 heavy (non-hydrogen) atoms. The Hall–Kier alpha value is -1.07. The summed E-state index contributed by atoms with van der Waals surface area (Å²) in [5.41, 5.74) is 1.24. The van der Waals surface area contributed by atoms with Crippen LogP contribution in [0.3, 0.4) is 0 Å². The molecule has 0 radical (unpaired) electrons. The number of rotatable bonds is 6. The number of likely N-dealkylation sites (tertiary alicyclic amines) is 1. The first-order valence-electron chi connectivity index (χ1n) is 7.55. The minimum Gasteiger partial charge on any atom is -0.310 e. The number of nitrogens with zero attached hydrogens (tertiary/aromatic N) is 1. The van der Waals surface area contributed by atoms with Gasteiger partial charge in [-0.2, -0.15) is 13.2 Å². The number of hydrogen-bond acceptors (Lipinski definition) is 2. The molecule has 1 aromatic rings. The minimum absolute atomic E-state index is 0.280. The number of nitrogens with one attached hydrogen (secondary N) is 1. The average Bonchev–Trinajstić information content (AvgIpc) is 2.86. The highest BCUT2D eigenvalue weighted by atomic mass is 19.4. The van der Waals surface area contributed by atoms with Crippen molar-refractivity contribution in [2.24, 2.45) is 5.92 Å². The fourth-order valence-corrected chi connectivity index (χ4v) is 2.97. The fourth-order valence-electron chi connectivity index (χ4n) is 2.97. The summed E-state index contributed by atoms with van der Waals surface area (Å²) in [6.07, 6.45) is -2.27. The third-order valence-electron chi connectivity index (χ3n) is 4.04. The standard InChI is InChI=1S/C16H23F3N2/c1-2-15(14-6-4-3-5-7-14)20-10-13-8-9-21(11-13)12-16(17,18)19/h3-7,13,15,20H,2,8-12H2,1H3. The van der Waals surface area contributed by atoms with Gasteiger partial charge in [-0.25, -0.2) is 0 Å². The van der Waals surface area contributed by atoms with Gasteiger partial charge >= 0.3 is 6.18 Å². The van der Waals surface area contributed by atoms with Crippen LogP contribution in [0.1, 0.15) is 31.4 Å². The zero-order valence-electron chi connectivity index (χ0n) is 12.4. The van der Waals surface area contributed by atoms with Crippen molar-refractivity contribution < 1.29 is 13.2 Å². The first kappa shape index (κ1) is 16.3. The van der Waals surface area contributed by atoms with Gasteiger partial charge in [0.2, 0.25) is 0 Å². The summed E-state index contributed by atoms with van der Waals surface area (Å²) in [6, 6.07) is 10.5. The maximum absolute atomic E-state index is 12.4. The van der Waals surface area contributed by atoms with Crippen LogP contribution in [0.5, 0.6) is 0 Å². The highest BCUT2D eigenvalue weighted by molar-refractivity contribution is 5.18. The molecule has 1 fully saturated rings. The van der Waals surface area contributed by atoms with Gasteiger partial charge in [0.25, 0.3) is 0 Å². The molecule has 2 atom stereocenters. The first-order chi connectivity index (χ1) is 9.98. The average molecular weight is 300 g/mol. The van der Waals surface area contributed by atoms with Gasteiger partial charge in [-0.15, -0.1) is 0 Å². The fraction of sp³-hybridized carbons (Fsp3) is 0.625. The summed E-state index contributed by atoms with van der Waals surface area (Å²) in [5, 5.41) is 3.50. The zero-order chi connectivity index (χ0) is 15.3. The predicted octanol–water partition coefficient (Wildman–Crippen LogP) is 3.61. The van der Waals surface area contributed by atoms with E-state index in [-0.39, 0.29) is 6.04 Å². The first-order valence-corrected chi connectivity index (χ1v) is 7.55. The monoisotopic (exact) mass is 300 g/mol. The van der Waals surface area contributed by atoms with E-state index < -0.39 is 12.7 Å². The molecule has 1 aliphatic rings. The second-order valence-corrected chi connectivity index (χ2v) is 5.78. The van der Waals surface area contributed by atoms with Crippen molar-refractivity contribution in [1.82, 2.24) is 10.2 Å². The topological polar surface area (TPSA) is 15.3 Å². The van der Waals surface area contributed by atoms with Gasteiger partial charge in [-0.3, -0.25) is 4.90 Å². The van der Waals surface area contributed by atoms with E-state index in [1.165, 1.54) is 10.5 Å². The summed E-state index contributed by atoms with van der Waals surface area (Å²) in [7, 11) is 0. The van der Waals surface area contributed by atoms with Gasteiger partial charge in [0.1, 0.15) is 0 Å². The second kappa shape index (κ2) is 7.27. The molecule has 2 unspecified atom stereocenters. The van der Waals surface area contributed by atoms with Crippen LogP contribution in [0, 0.1) is 5.92 Å². The van der Waals surface area contributed by atoms with E-state index >= 15 is 0 Å². The van der Waals surface area contributed by atoms with Gasteiger partial charge in [-0.1, -0.05) is 37.3 Å². The van der Waals surface area contributed by atoms with Crippen LogP contribution in [-0.4, -0.2) is 37.3 Å². The highest BCUT2D eigenvalue weighted by Crippen LogP contribution is 2.23. The molecule has 0 saturated carbocycles. The van der Waals surface area contributed by atoms with E-state index in [9.17, 15) is 13.2 Å². The highest BCUT2D eigenvalue weighted by Gasteiger charge is 2.34. The van der Waals surface area contributed by atoms with Crippen molar-refractivity contribution in [3.05, 3.63) is 35.9 Å². The van der Waals surface area contributed by atoms with E-state index in [0.717, 1.165) is 19.4 Å². The van der Waals surface area contributed by atoms with Gasteiger partial charge in [0, 0.05) is 12.6 Å². The van der Waals surface area contributed by atoms with Crippen molar-refractivity contribution in [3.8, 4) is 0 Å². The quantitative estimate of drug-likeness (QED) is 0.863. The Morgan fingerprint density at radius 3 is 2.62 bits per heavy atom. The van der Waals surface area contributed by atoms with Crippen LogP contribution >= 0.6 is 0 Å². The maximum atomic E-state index is 12.4. The summed E-state index contributed by atoms with van der Waals surface area (Å²) < 4.78 is 37.1. The zero-order valence-corrected chi connectivity index (χ0v) is 12.4. The van der Waals surface area contributed by atoms with Crippen LogP contribution in [-0.2, 0) is 0 Å². The Kier molecular flexibility index (Phi) is 5.65. The van der Waals surface area contributed by atoms with Crippen LogP contribution in [0.25, 0.3) is 0 Å². The number of halogens is 3. The second-order valence-electron chi connectivity index (χ2n) is 5.78. The molecule has 1 aromatic carbocycles. The maximum Gasteiger partial charge on any atom is 0.401 e. The van der Waals surface area contributed by atoms with Crippen molar-refractivity contribution in [2.45, 2.75) is 32.0 Å². The molecule has 1 aliphatic heterocycles. The Balaban J connectivity index is 1.78. The Morgan fingerprint density at radius 2 is 2.00 bits per heavy atom. The van der Waals surface area contributed by atoms with Crippen molar-refractivity contribution in [1.29, 1.82) is 0 Å². The van der Waals surface area contributed by atoms with E-state index in [1.807, 2.05) is 18.2 Å². The SMILES string of the molecule is CCC(NCC1CCN(CC(F)(F)F)C1)c1ccccc1. The molecular formula is C16H23F3N2. The van der Waals surface area contributed by atoms with Gasteiger partial charge in [0.15, 0.2) is 0 Å². The van der Waals surface area contributed by atoms with Gasteiger partial charge < -0.3 is 5.32 Å². The van der Waals surface area contributed by atoms with Crippen molar-refractivity contribution >= 4 is 0 Å². The molecule has 0 aromatic heterocycles. The molecule has 1 heterocycles. The molecule has 1 N–H and O–H groups in total. The Labute approximate surface area is 124 Å². The molecule has 2 nitrogen and oxygen atoms in total. The van der Waals surface area contributed by atoms with Crippen molar-refractivity contribution in [3.63, 3.8) is 0 Å². The Morgan fingerprint density at radius 1 is 1.29 bits per heavy atom. The molecule has 0 amide bonds. The van der Waals surface area contributed by atoms with E-state index in [1.54, 1.807) is 0 Å². The summed E-state index contributed by atoms with van der Waals surface area (Å²) in [4.78, 5) is 1.51. The lowest BCUT2D eigenvalue weighted by molar-refractivity contribution is -0.143. The molecule has 2 rings (SSSR count). The third kappa shape index (κ3) is 5.32. The van der Waals surface area contributed by atoms with Crippen LogP contribution in [0.4, 0.5) is 13.2 Å². The molecule has 0 aliphatic carbocycles. The summed E-state index contributed by atoms with van der Waals surface area (Å²) >= 11 is 0. The van der Waals surface area contributed by atoms with Gasteiger partial charge in [0.05, 0.1) is 6.54 Å².